The Balaban J connectivity index is 1.54. The van der Waals surface area contributed by atoms with Crippen molar-refractivity contribution in [2.45, 2.75) is 11.5 Å². The number of hydrogen-bond donors (Lipinski definition) is 1. The van der Waals surface area contributed by atoms with Crippen molar-refractivity contribution in [2.75, 3.05) is 18.1 Å². The predicted molar refractivity (Wildman–Crippen MR) is 103 cm³/mol. The van der Waals surface area contributed by atoms with E-state index < -0.39 is 0 Å². The Morgan fingerprint density at radius 2 is 1.92 bits per heavy atom. The van der Waals surface area contributed by atoms with Crippen molar-refractivity contribution >= 4 is 41.0 Å². The zero-order chi connectivity index (χ0) is 17.2. The topological polar surface area (TPSA) is 29.1 Å². The molecule has 0 radical (unpaired) electrons. The molecule has 0 atom stereocenters. The van der Waals surface area contributed by atoms with Gasteiger partial charge in [-0.15, -0.1) is 11.8 Å². The van der Waals surface area contributed by atoms with E-state index >= 15 is 0 Å². The number of amides is 1. The Morgan fingerprint density at radius 1 is 1.08 bits per heavy atom. The van der Waals surface area contributed by atoms with Crippen LogP contribution in [0.3, 0.4) is 0 Å². The number of hydrogen-bond acceptors (Lipinski definition) is 3. The van der Waals surface area contributed by atoms with Crippen LogP contribution in [-0.4, -0.2) is 24.0 Å². The van der Waals surface area contributed by atoms with E-state index in [-0.39, 0.29) is 11.7 Å². The average molecular weight is 384 g/mol. The van der Waals surface area contributed by atoms with Crippen LogP contribution in [0, 0.1) is 5.82 Å². The van der Waals surface area contributed by atoms with E-state index in [0.29, 0.717) is 28.6 Å². The van der Waals surface area contributed by atoms with Gasteiger partial charge in [0.15, 0.2) is 0 Å². The van der Waals surface area contributed by atoms with Gasteiger partial charge in [0.25, 0.3) is 0 Å². The third kappa shape index (κ3) is 7.16. The molecule has 0 saturated heterocycles. The summed E-state index contributed by atoms with van der Waals surface area (Å²) in [5.74, 6) is 2.41. The summed E-state index contributed by atoms with van der Waals surface area (Å²) in [7, 11) is 0. The molecule has 0 bridgehead atoms. The molecule has 0 unspecified atom stereocenters. The Kier molecular flexibility index (Phi) is 8.50. The number of carbonyl (C=O) groups is 1. The van der Waals surface area contributed by atoms with Gasteiger partial charge in [0.2, 0.25) is 5.91 Å². The Bertz CT molecular complexity index is 669. The van der Waals surface area contributed by atoms with Crippen molar-refractivity contribution in [3.05, 3.63) is 70.5 Å². The highest BCUT2D eigenvalue weighted by molar-refractivity contribution is 7.99. The third-order valence-electron chi connectivity index (χ3n) is 3.17. The van der Waals surface area contributed by atoms with Crippen LogP contribution in [0.1, 0.15) is 11.1 Å². The van der Waals surface area contributed by atoms with Gasteiger partial charge in [0.05, 0.1) is 5.75 Å². The molecule has 1 amide bonds. The molecular weight excluding hydrogens is 365 g/mol. The number of halogens is 2. The van der Waals surface area contributed by atoms with Crippen LogP contribution in [-0.2, 0) is 16.3 Å². The fraction of sp³-hybridized carbons (Fsp3) is 0.278. The van der Waals surface area contributed by atoms with Crippen molar-refractivity contribution < 1.29 is 9.18 Å². The van der Waals surface area contributed by atoms with Crippen LogP contribution in [0.25, 0.3) is 0 Å². The summed E-state index contributed by atoms with van der Waals surface area (Å²) >= 11 is 9.09. The summed E-state index contributed by atoms with van der Waals surface area (Å²) in [5.41, 5.74) is 1.81. The van der Waals surface area contributed by atoms with Gasteiger partial charge < -0.3 is 5.32 Å². The molecule has 0 heterocycles. The molecule has 128 valence electrons. The molecule has 24 heavy (non-hydrogen) atoms. The second-order valence-corrected chi connectivity index (χ2v) is 7.64. The standard InChI is InChI=1S/C18H19ClFNOS2/c19-16-6-3-4-14(10-16)11-24-13-18(22)21-8-9-23-12-15-5-1-2-7-17(15)20/h1-7,10H,8-9,11-13H2,(H,21,22). The molecule has 0 aliphatic rings. The van der Waals surface area contributed by atoms with Crippen LogP contribution < -0.4 is 5.32 Å². The highest BCUT2D eigenvalue weighted by atomic mass is 35.5. The first kappa shape index (κ1) is 19.2. The minimum atomic E-state index is -0.175. The summed E-state index contributed by atoms with van der Waals surface area (Å²) < 4.78 is 13.4. The van der Waals surface area contributed by atoms with E-state index in [1.807, 2.05) is 30.3 Å². The van der Waals surface area contributed by atoms with E-state index in [1.165, 1.54) is 6.07 Å². The van der Waals surface area contributed by atoms with Gasteiger partial charge in [-0.05, 0) is 29.3 Å². The summed E-state index contributed by atoms with van der Waals surface area (Å²) in [6.45, 7) is 0.593. The van der Waals surface area contributed by atoms with Gasteiger partial charge >= 0.3 is 0 Å². The number of benzene rings is 2. The van der Waals surface area contributed by atoms with Gasteiger partial charge in [-0.25, -0.2) is 4.39 Å². The van der Waals surface area contributed by atoms with Crippen LogP contribution in [0.4, 0.5) is 4.39 Å². The van der Waals surface area contributed by atoms with Crippen LogP contribution in [0.15, 0.2) is 48.5 Å². The lowest BCUT2D eigenvalue weighted by Gasteiger charge is -2.06. The van der Waals surface area contributed by atoms with E-state index in [0.717, 1.165) is 17.1 Å². The largest absolute Gasteiger partial charge is 0.355 e. The van der Waals surface area contributed by atoms with Gasteiger partial charge in [-0.1, -0.05) is 41.9 Å². The summed E-state index contributed by atoms with van der Waals surface area (Å²) in [5, 5.41) is 3.59. The van der Waals surface area contributed by atoms with E-state index in [2.05, 4.69) is 5.32 Å². The smallest absolute Gasteiger partial charge is 0.230 e. The lowest BCUT2D eigenvalue weighted by atomic mass is 10.2. The second-order valence-electron chi connectivity index (χ2n) is 5.12. The number of rotatable bonds is 9. The summed E-state index contributed by atoms with van der Waals surface area (Å²) in [6.07, 6.45) is 0. The zero-order valence-electron chi connectivity index (χ0n) is 13.1. The molecule has 6 heteroatoms. The Morgan fingerprint density at radius 3 is 2.71 bits per heavy atom. The van der Waals surface area contributed by atoms with E-state index in [4.69, 9.17) is 11.6 Å². The molecule has 2 nitrogen and oxygen atoms in total. The lowest BCUT2D eigenvalue weighted by molar-refractivity contribution is -0.118. The van der Waals surface area contributed by atoms with Crippen LogP contribution >= 0.6 is 35.1 Å². The van der Waals surface area contributed by atoms with Crippen molar-refractivity contribution in [3.63, 3.8) is 0 Å². The minimum Gasteiger partial charge on any atom is -0.355 e. The predicted octanol–water partition coefficient (Wildman–Crippen LogP) is 4.76. The highest BCUT2D eigenvalue weighted by Crippen LogP contribution is 2.17. The zero-order valence-corrected chi connectivity index (χ0v) is 15.5. The maximum atomic E-state index is 13.4. The molecule has 2 aromatic rings. The maximum Gasteiger partial charge on any atom is 0.230 e. The average Bonchev–Trinajstić information content (AvgIpc) is 2.56. The van der Waals surface area contributed by atoms with Crippen molar-refractivity contribution in [2.24, 2.45) is 0 Å². The summed E-state index contributed by atoms with van der Waals surface area (Å²) in [4.78, 5) is 11.8. The SMILES string of the molecule is O=C(CSCc1cccc(Cl)c1)NCCSCc1ccccc1F. The normalized spacial score (nSPS) is 10.6. The summed E-state index contributed by atoms with van der Waals surface area (Å²) in [6, 6.07) is 14.4. The monoisotopic (exact) mass is 383 g/mol. The first-order valence-electron chi connectivity index (χ1n) is 7.55. The number of carbonyl (C=O) groups excluding carboxylic acids is 1. The van der Waals surface area contributed by atoms with Gasteiger partial charge in [-0.2, -0.15) is 11.8 Å². The van der Waals surface area contributed by atoms with Crippen molar-refractivity contribution in [1.29, 1.82) is 0 Å². The van der Waals surface area contributed by atoms with Gasteiger partial charge in [0, 0.05) is 28.8 Å². The van der Waals surface area contributed by atoms with Gasteiger partial charge in [-0.3, -0.25) is 4.79 Å². The lowest BCUT2D eigenvalue weighted by Crippen LogP contribution is -2.27. The fourth-order valence-corrected chi connectivity index (χ4v) is 3.86. The van der Waals surface area contributed by atoms with Gasteiger partial charge in [0.1, 0.15) is 5.82 Å². The molecule has 0 aromatic heterocycles. The molecule has 2 aromatic carbocycles. The number of thioether (sulfide) groups is 2. The van der Waals surface area contributed by atoms with Crippen molar-refractivity contribution in [1.82, 2.24) is 5.32 Å². The second kappa shape index (κ2) is 10.6. The Labute approximate surface area is 155 Å². The van der Waals surface area contributed by atoms with Crippen molar-refractivity contribution in [3.8, 4) is 0 Å². The molecule has 2 rings (SSSR count). The Hall–Kier alpha value is -1.17. The molecule has 0 aliphatic carbocycles. The minimum absolute atomic E-state index is 0.0218. The highest BCUT2D eigenvalue weighted by Gasteiger charge is 2.03. The van der Waals surface area contributed by atoms with Crippen LogP contribution in [0.2, 0.25) is 5.02 Å². The van der Waals surface area contributed by atoms with E-state index in [1.54, 1.807) is 35.7 Å². The molecule has 0 aliphatic heterocycles. The first-order chi connectivity index (χ1) is 11.6. The quantitative estimate of drug-likeness (QED) is 0.633. The first-order valence-corrected chi connectivity index (χ1v) is 10.2. The molecule has 0 fully saturated rings. The van der Waals surface area contributed by atoms with Crippen LogP contribution in [0.5, 0.6) is 0 Å². The van der Waals surface area contributed by atoms with E-state index in [9.17, 15) is 9.18 Å². The number of nitrogens with one attached hydrogen (secondary N) is 1. The maximum absolute atomic E-state index is 13.4. The molecular formula is C18H19ClFNOS2. The molecule has 1 N–H and O–H groups in total. The third-order valence-corrected chi connectivity index (χ3v) is 5.42. The molecule has 0 saturated carbocycles. The molecule has 0 spiro atoms. The fourth-order valence-electron chi connectivity index (χ4n) is 2.00.